The van der Waals surface area contributed by atoms with Crippen molar-refractivity contribution in [2.45, 2.75) is 46.3 Å². The van der Waals surface area contributed by atoms with E-state index in [0.717, 1.165) is 36.5 Å². The predicted molar refractivity (Wildman–Crippen MR) is 73.7 cm³/mol. The zero-order valence-corrected chi connectivity index (χ0v) is 12.1. The summed E-state index contributed by atoms with van der Waals surface area (Å²) < 4.78 is 7.15. The van der Waals surface area contributed by atoms with Gasteiger partial charge in [-0.05, 0) is 27.3 Å². The first-order chi connectivity index (χ1) is 9.10. The second-order valence-electron chi connectivity index (χ2n) is 5.22. The second kappa shape index (κ2) is 6.02. The number of nitrogens with zero attached hydrogens (tertiary/aromatic N) is 4. The highest BCUT2D eigenvalue weighted by Gasteiger charge is 2.10. The lowest BCUT2D eigenvalue weighted by Crippen LogP contribution is -2.18. The molecule has 0 fully saturated rings. The predicted octanol–water partition coefficient (Wildman–Crippen LogP) is 2.65. The van der Waals surface area contributed by atoms with Gasteiger partial charge in [0.25, 0.3) is 0 Å². The van der Waals surface area contributed by atoms with Crippen LogP contribution in [-0.4, -0.2) is 26.7 Å². The van der Waals surface area contributed by atoms with Gasteiger partial charge in [0.05, 0.1) is 17.7 Å². The van der Waals surface area contributed by atoms with Crippen LogP contribution in [0.3, 0.4) is 0 Å². The van der Waals surface area contributed by atoms with Crippen LogP contribution < -0.4 is 0 Å². The number of hydrogen-bond donors (Lipinski definition) is 0. The molecule has 2 rings (SSSR count). The first kappa shape index (κ1) is 13.8. The van der Waals surface area contributed by atoms with Gasteiger partial charge in [-0.15, -0.1) is 0 Å². The summed E-state index contributed by atoms with van der Waals surface area (Å²) in [7, 11) is 2.08. The highest BCUT2D eigenvalue weighted by atomic mass is 16.5. The largest absolute Gasteiger partial charge is 0.364 e. The van der Waals surface area contributed by atoms with Crippen molar-refractivity contribution in [1.82, 2.24) is 19.6 Å². The van der Waals surface area contributed by atoms with Crippen molar-refractivity contribution < 1.29 is 4.52 Å². The molecule has 0 saturated carbocycles. The van der Waals surface area contributed by atoms with Crippen molar-refractivity contribution in [3.63, 3.8) is 0 Å². The van der Waals surface area contributed by atoms with Crippen LogP contribution in [0.2, 0.25) is 0 Å². The van der Waals surface area contributed by atoms with Gasteiger partial charge >= 0.3 is 0 Å². The van der Waals surface area contributed by atoms with Gasteiger partial charge in [0.2, 0.25) is 0 Å². The molecule has 0 aliphatic rings. The van der Waals surface area contributed by atoms with E-state index >= 15 is 0 Å². The van der Waals surface area contributed by atoms with Crippen molar-refractivity contribution in [3.8, 4) is 0 Å². The molecule has 0 atom stereocenters. The Morgan fingerprint density at radius 3 is 2.79 bits per heavy atom. The molecule has 0 aliphatic carbocycles. The molecule has 0 amide bonds. The molecule has 0 unspecified atom stereocenters. The van der Waals surface area contributed by atoms with Crippen molar-refractivity contribution in [2.24, 2.45) is 0 Å². The van der Waals surface area contributed by atoms with Crippen LogP contribution in [0.4, 0.5) is 0 Å². The fourth-order valence-electron chi connectivity index (χ4n) is 2.07. The smallest absolute Gasteiger partial charge is 0.128 e. The molecule has 2 aromatic rings. The summed E-state index contributed by atoms with van der Waals surface area (Å²) in [5, 5.41) is 4.00. The molecule has 0 saturated heterocycles. The van der Waals surface area contributed by atoms with E-state index in [2.05, 4.69) is 53.6 Å². The van der Waals surface area contributed by atoms with E-state index in [1.807, 2.05) is 6.33 Å². The fourth-order valence-corrected chi connectivity index (χ4v) is 2.07. The molecule has 19 heavy (non-hydrogen) atoms. The molecule has 5 heteroatoms. The third kappa shape index (κ3) is 3.44. The van der Waals surface area contributed by atoms with Crippen LogP contribution in [0.5, 0.6) is 0 Å². The Morgan fingerprint density at radius 2 is 2.16 bits per heavy atom. The molecular formula is C14H22N4O. The number of rotatable bonds is 6. The fraction of sp³-hybridized carbons (Fsp3) is 0.571. The van der Waals surface area contributed by atoms with Crippen molar-refractivity contribution in [2.75, 3.05) is 7.05 Å². The minimum atomic E-state index is 0.455. The summed E-state index contributed by atoms with van der Waals surface area (Å²) in [5.74, 6) is 0. The maximum atomic E-state index is 5.03. The average Bonchev–Trinajstić information content (AvgIpc) is 2.97. The van der Waals surface area contributed by atoms with Gasteiger partial charge in [0.15, 0.2) is 0 Å². The minimum absolute atomic E-state index is 0.455. The SMILES string of the molecule is CCc1nocc1CN(C)Cc1cn(C(C)C)cn1. The second-order valence-corrected chi connectivity index (χ2v) is 5.22. The van der Waals surface area contributed by atoms with Crippen LogP contribution >= 0.6 is 0 Å². The monoisotopic (exact) mass is 262 g/mol. The van der Waals surface area contributed by atoms with E-state index in [4.69, 9.17) is 4.52 Å². The van der Waals surface area contributed by atoms with Gasteiger partial charge in [0, 0.05) is 30.9 Å². The summed E-state index contributed by atoms with van der Waals surface area (Å²) in [6.07, 6.45) is 6.64. The molecule has 0 N–H and O–H groups in total. The quantitative estimate of drug-likeness (QED) is 0.803. The molecule has 0 spiro atoms. The Morgan fingerprint density at radius 1 is 1.37 bits per heavy atom. The average molecular weight is 262 g/mol. The van der Waals surface area contributed by atoms with Crippen LogP contribution in [0.1, 0.15) is 43.8 Å². The number of aromatic nitrogens is 3. The third-order valence-electron chi connectivity index (χ3n) is 3.19. The third-order valence-corrected chi connectivity index (χ3v) is 3.19. The lowest BCUT2D eigenvalue weighted by Gasteiger charge is -2.14. The van der Waals surface area contributed by atoms with Crippen LogP contribution in [0, 0.1) is 0 Å². The van der Waals surface area contributed by atoms with Gasteiger partial charge < -0.3 is 9.09 Å². The maximum absolute atomic E-state index is 5.03. The standard InChI is InChI=1S/C14H22N4O/c1-5-14-12(9-19-16-14)6-17(4)7-13-8-18(10-15-13)11(2)3/h8-11H,5-7H2,1-4H3. The van der Waals surface area contributed by atoms with Crippen LogP contribution in [0.15, 0.2) is 23.3 Å². The molecule has 0 bridgehead atoms. The van der Waals surface area contributed by atoms with E-state index in [0.29, 0.717) is 6.04 Å². The molecule has 2 aromatic heterocycles. The normalized spacial score (nSPS) is 11.7. The lowest BCUT2D eigenvalue weighted by atomic mass is 10.2. The number of imidazole rings is 1. The van der Waals surface area contributed by atoms with Crippen molar-refractivity contribution >= 4 is 0 Å². The van der Waals surface area contributed by atoms with E-state index in [-0.39, 0.29) is 0 Å². The highest BCUT2D eigenvalue weighted by Crippen LogP contribution is 2.12. The van der Waals surface area contributed by atoms with E-state index in [1.54, 1.807) is 6.26 Å². The zero-order chi connectivity index (χ0) is 13.8. The number of aryl methyl sites for hydroxylation is 1. The van der Waals surface area contributed by atoms with Gasteiger partial charge in [-0.3, -0.25) is 4.90 Å². The molecule has 0 aromatic carbocycles. The molecule has 5 nitrogen and oxygen atoms in total. The Balaban J connectivity index is 1.95. The Kier molecular flexibility index (Phi) is 4.37. The molecule has 104 valence electrons. The van der Waals surface area contributed by atoms with Crippen LogP contribution in [-0.2, 0) is 19.5 Å². The lowest BCUT2D eigenvalue weighted by molar-refractivity contribution is 0.313. The summed E-state index contributed by atoms with van der Waals surface area (Å²) in [5.41, 5.74) is 3.29. The van der Waals surface area contributed by atoms with Crippen molar-refractivity contribution in [1.29, 1.82) is 0 Å². The first-order valence-corrected chi connectivity index (χ1v) is 6.73. The Hall–Kier alpha value is -1.62. The van der Waals surface area contributed by atoms with Crippen molar-refractivity contribution in [3.05, 3.63) is 35.7 Å². The number of hydrogen-bond acceptors (Lipinski definition) is 4. The van der Waals surface area contributed by atoms with Gasteiger partial charge in [0.1, 0.15) is 6.26 Å². The summed E-state index contributed by atoms with van der Waals surface area (Å²) in [4.78, 5) is 6.65. The zero-order valence-electron chi connectivity index (χ0n) is 12.1. The maximum Gasteiger partial charge on any atom is 0.128 e. The Bertz CT molecular complexity index is 515. The molecule has 2 heterocycles. The van der Waals surface area contributed by atoms with Gasteiger partial charge in [-0.25, -0.2) is 4.98 Å². The van der Waals surface area contributed by atoms with E-state index in [9.17, 15) is 0 Å². The molecule has 0 aliphatic heterocycles. The molecular weight excluding hydrogens is 240 g/mol. The van der Waals surface area contributed by atoms with Gasteiger partial charge in [-0.2, -0.15) is 0 Å². The molecule has 0 radical (unpaired) electrons. The topological polar surface area (TPSA) is 47.1 Å². The van der Waals surface area contributed by atoms with E-state index < -0.39 is 0 Å². The minimum Gasteiger partial charge on any atom is -0.364 e. The Labute approximate surface area is 114 Å². The highest BCUT2D eigenvalue weighted by molar-refractivity contribution is 5.14. The first-order valence-electron chi connectivity index (χ1n) is 6.73. The summed E-state index contributed by atoms with van der Waals surface area (Å²) in [6, 6.07) is 0.455. The summed E-state index contributed by atoms with van der Waals surface area (Å²) >= 11 is 0. The van der Waals surface area contributed by atoms with E-state index in [1.165, 1.54) is 0 Å². The van der Waals surface area contributed by atoms with Gasteiger partial charge in [-0.1, -0.05) is 12.1 Å². The summed E-state index contributed by atoms with van der Waals surface area (Å²) in [6.45, 7) is 8.06. The van der Waals surface area contributed by atoms with Crippen LogP contribution in [0.25, 0.3) is 0 Å².